The molecule has 96 valence electrons. The van der Waals surface area contributed by atoms with Crippen LogP contribution in [0.2, 0.25) is 0 Å². The molecule has 0 amide bonds. The number of methoxy groups -OCH3 is 1. The third-order valence-electron chi connectivity index (χ3n) is 2.22. The molecule has 5 heteroatoms. The number of nitrogens with one attached hydrogen (secondary N) is 2. The normalized spacial score (nSPS) is 10.3. The number of anilines is 2. The molecule has 0 radical (unpaired) electrons. The van der Waals surface area contributed by atoms with Gasteiger partial charge in [-0.05, 0) is 19.8 Å². The van der Waals surface area contributed by atoms with E-state index in [1.54, 1.807) is 7.11 Å². The van der Waals surface area contributed by atoms with E-state index >= 15 is 0 Å². The van der Waals surface area contributed by atoms with Crippen molar-refractivity contribution >= 4 is 11.8 Å². The number of aryl methyl sites for hydroxylation is 1. The van der Waals surface area contributed by atoms with Gasteiger partial charge in [0.05, 0.1) is 0 Å². The van der Waals surface area contributed by atoms with Crippen LogP contribution in [0.1, 0.15) is 25.5 Å². The van der Waals surface area contributed by atoms with Crippen LogP contribution in [-0.4, -0.2) is 36.8 Å². The lowest BCUT2D eigenvalue weighted by Crippen LogP contribution is -2.10. The van der Waals surface area contributed by atoms with E-state index < -0.39 is 0 Å². The molecule has 0 aliphatic heterocycles. The fraction of sp³-hybridized carbons (Fsp3) is 0.667. The van der Waals surface area contributed by atoms with Crippen molar-refractivity contribution in [3.8, 4) is 0 Å². The van der Waals surface area contributed by atoms with E-state index in [1.807, 2.05) is 13.0 Å². The maximum absolute atomic E-state index is 4.99. The Morgan fingerprint density at radius 1 is 1.24 bits per heavy atom. The van der Waals surface area contributed by atoms with Gasteiger partial charge in [0.2, 0.25) is 5.95 Å². The summed E-state index contributed by atoms with van der Waals surface area (Å²) in [4.78, 5) is 8.73. The fourth-order valence-corrected chi connectivity index (χ4v) is 1.41. The lowest BCUT2D eigenvalue weighted by molar-refractivity contribution is 0.197. The van der Waals surface area contributed by atoms with Gasteiger partial charge in [0.25, 0.3) is 0 Å². The maximum atomic E-state index is 4.99. The fourth-order valence-electron chi connectivity index (χ4n) is 1.41. The van der Waals surface area contributed by atoms with Crippen molar-refractivity contribution in [2.24, 2.45) is 0 Å². The topological polar surface area (TPSA) is 59.1 Å². The molecule has 2 N–H and O–H groups in total. The molecule has 0 saturated carbocycles. The number of aromatic nitrogens is 2. The Kier molecular flexibility index (Phi) is 6.32. The van der Waals surface area contributed by atoms with Crippen LogP contribution < -0.4 is 10.6 Å². The van der Waals surface area contributed by atoms with E-state index in [1.165, 1.54) is 0 Å². The molecule has 1 heterocycles. The quantitative estimate of drug-likeness (QED) is 0.679. The van der Waals surface area contributed by atoms with Gasteiger partial charge in [-0.3, -0.25) is 0 Å². The van der Waals surface area contributed by atoms with Crippen molar-refractivity contribution < 1.29 is 4.74 Å². The summed E-state index contributed by atoms with van der Waals surface area (Å²) in [6, 6.07) is 1.95. The van der Waals surface area contributed by atoms with Gasteiger partial charge >= 0.3 is 0 Å². The summed E-state index contributed by atoms with van der Waals surface area (Å²) < 4.78 is 4.99. The average molecular weight is 238 g/mol. The van der Waals surface area contributed by atoms with Gasteiger partial charge in [-0.15, -0.1) is 0 Å². The minimum absolute atomic E-state index is 0.680. The number of hydrogen-bond acceptors (Lipinski definition) is 5. The van der Waals surface area contributed by atoms with E-state index in [0.717, 1.165) is 44.0 Å². The predicted octanol–water partition coefficient (Wildman–Crippen LogP) is 2.06. The molecule has 0 spiro atoms. The van der Waals surface area contributed by atoms with Gasteiger partial charge in [0, 0.05) is 38.6 Å². The number of rotatable bonds is 8. The van der Waals surface area contributed by atoms with Crippen LogP contribution in [0.5, 0.6) is 0 Å². The van der Waals surface area contributed by atoms with Crippen molar-refractivity contribution in [3.63, 3.8) is 0 Å². The Balaban J connectivity index is 2.50. The second-order valence-electron chi connectivity index (χ2n) is 3.92. The molecular formula is C12H22N4O. The first-order valence-electron chi connectivity index (χ1n) is 6.08. The third kappa shape index (κ3) is 5.49. The van der Waals surface area contributed by atoms with Gasteiger partial charge in [-0.2, -0.15) is 4.98 Å². The lowest BCUT2D eigenvalue weighted by atomic mass is 10.4. The van der Waals surface area contributed by atoms with Crippen molar-refractivity contribution in [1.82, 2.24) is 9.97 Å². The molecule has 0 aromatic carbocycles. The van der Waals surface area contributed by atoms with Crippen molar-refractivity contribution in [3.05, 3.63) is 11.8 Å². The standard InChI is InChI=1S/C12H22N4O/c1-4-6-13-11-9-10(2)15-12(16-11)14-7-5-8-17-3/h9H,4-8H2,1-3H3,(H2,13,14,15,16). The van der Waals surface area contributed by atoms with Crippen molar-refractivity contribution in [2.45, 2.75) is 26.7 Å². The van der Waals surface area contributed by atoms with Crippen LogP contribution in [0, 0.1) is 6.92 Å². The third-order valence-corrected chi connectivity index (χ3v) is 2.22. The van der Waals surface area contributed by atoms with Crippen LogP contribution in [0.15, 0.2) is 6.07 Å². The Morgan fingerprint density at radius 2 is 2.06 bits per heavy atom. The molecule has 0 aliphatic carbocycles. The summed E-state index contributed by atoms with van der Waals surface area (Å²) >= 11 is 0. The molecule has 0 unspecified atom stereocenters. The molecule has 17 heavy (non-hydrogen) atoms. The molecule has 1 aromatic rings. The van der Waals surface area contributed by atoms with Gasteiger partial charge < -0.3 is 15.4 Å². The molecule has 1 rings (SSSR count). The average Bonchev–Trinajstić information content (AvgIpc) is 2.31. The number of ether oxygens (including phenoxy) is 1. The Labute approximate surface area is 103 Å². The predicted molar refractivity (Wildman–Crippen MR) is 70.5 cm³/mol. The smallest absolute Gasteiger partial charge is 0.224 e. The van der Waals surface area contributed by atoms with E-state index in [-0.39, 0.29) is 0 Å². The second kappa shape index (κ2) is 7.84. The highest BCUT2D eigenvalue weighted by molar-refractivity contribution is 5.41. The zero-order valence-electron chi connectivity index (χ0n) is 10.9. The first-order valence-corrected chi connectivity index (χ1v) is 6.08. The molecule has 1 aromatic heterocycles. The highest BCUT2D eigenvalue weighted by Gasteiger charge is 2.00. The first-order chi connectivity index (χ1) is 8.26. The summed E-state index contributed by atoms with van der Waals surface area (Å²) in [5.41, 5.74) is 0.966. The molecule has 5 nitrogen and oxygen atoms in total. The maximum Gasteiger partial charge on any atom is 0.224 e. The molecule has 0 saturated heterocycles. The largest absolute Gasteiger partial charge is 0.385 e. The number of nitrogens with zero attached hydrogens (tertiary/aromatic N) is 2. The molecule has 0 atom stereocenters. The second-order valence-corrected chi connectivity index (χ2v) is 3.92. The van der Waals surface area contributed by atoms with Gasteiger partial charge in [0.15, 0.2) is 0 Å². The van der Waals surface area contributed by atoms with E-state index in [9.17, 15) is 0 Å². The monoisotopic (exact) mass is 238 g/mol. The van der Waals surface area contributed by atoms with E-state index in [4.69, 9.17) is 4.74 Å². The Hall–Kier alpha value is -1.36. The van der Waals surface area contributed by atoms with E-state index in [0.29, 0.717) is 5.95 Å². The first kappa shape index (κ1) is 13.7. The van der Waals surface area contributed by atoms with Crippen LogP contribution in [-0.2, 0) is 4.74 Å². The molecule has 0 aliphatic rings. The highest BCUT2D eigenvalue weighted by atomic mass is 16.5. The van der Waals surface area contributed by atoms with E-state index in [2.05, 4.69) is 27.5 Å². The van der Waals surface area contributed by atoms with Crippen LogP contribution in [0.3, 0.4) is 0 Å². The molecule has 0 bridgehead atoms. The van der Waals surface area contributed by atoms with Crippen LogP contribution >= 0.6 is 0 Å². The highest BCUT2D eigenvalue weighted by Crippen LogP contribution is 2.09. The zero-order chi connectivity index (χ0) is 12.5. The Morgan fingerprint density at radius 3 is 2.76 bits per heavy atom. The van der Waals surface area contributed by atoms with Crippen molar-refractivity contribution in [1.29, 1.82) is 0 Å². The summed E-state index contributed by atoms with van der Waals surface area (Å²) in [6.07, 6.45) is 2.03. The summed E-state index contributed by atoms with van der Waals surface area (Å²) in [5.74, 6) is 1.56. The minimum atomic E-state index is 0.680. The summed E-state index contributed by atoms with van der Waals surface area (Å²) in [7, 11) is 1.70. The van der Waals surface area contributed by atoms with Crippen molar-refractivity contribution in [2.75, 3.05) is 37.4 Å². The lowest BCUT2D eigenvalue weighted by Gasteiger charge is -2.09. The molecule has 0 fully saturated rings. The minimum Gasteiger partial charge on any atom is -0.385 e. The summed E-state index contributed by atoms with van der Waals surface area (Å²) in [6.45, 7) is 6.61. The SMILES string of the molecule is CCCNc1cc(C)nc(NCCCOC)n1. The molecular weight excluding hydrogens is 216 g/mol. The van der Waals surface area contributed by atoms with Gasteiger partial charge in [-0.1, -0.05) is 6.92 Å². The zero-order valence-corrected chi connectivity index (χ0v) is 10.9. The Bertz CT molecular complexity index is 330. The number of hydrogen-bond donors (Lipinski definition) is 2. The van der Waals surface area contributed by atoms with Crippen LogP contribution in [0.25, 0.3) is 0 Å². The van der Waals surface area contributed by atoms with Gasteiger partial charge in [0.1, 0.15) is 5.82 Å². The summed E-state index contributed by atoms with van der Waals surface area (Å²) in [5, 5.41) is 6.46. The van der Waals surface area contributed by atoms with Crippen LogP contribution in [0.4, 0.5) is 11.8 Å². The van der Waals surface area contributed by atoms with Gasteiger partial charge in [-0.25, -0.2) is 4.98 Å².